The fourth-order valence-corrected chi connectivity index (χ4v) is 1.79. The standard InChI is InChI=1S/C15H19N3/c1-18(15-7-3-2-4-8-15)11-10-17-13-14-6-5-9-16-12-14/h2-9,12,17H,10-11,13H2,1H3. The van der Waals surface area contributed by atoms with Gasteiger partial charge in [0, 0.05) is 44.8 Å². The number of anilines is 1. The number of para-hydroxylation sites is 1. The summed E-state index contributed by atoms with van der Waals surface area (Å²) in [4.78, 5) is 6.34. The van der Waals surface area contributed by atoms with Crippen LogP contribution in [0.2, 0.25) is 0 Å². The van der Waals surface area contributed by atoms with Crippen molar-refractivity contribution < 1.29 is 0 Å². The summed E-state index contributed by atoms with van der Waals surface area (Å²) in [6, 6.07) is 14.5. The molecule has 0 spiro atoms. The van der Waals surface area contributed by atoms with E-state index in [1.807, 2.05) is 18.3 Å². The summed E-state index contributed by atoms with van der Waals surface area (Å²) in [7, 11) is 2.11. The molecule has 0 atom stereocenters. The lowest BCUT2D eigenvalue weighted by atomic mass is 10.3. The maximum atomic E-state index is 4.10. The van der Waals surface area contributed by atoms with Gasteiger partial charge in [0.05, 0.1) is 0 Å². The molecule has 0 bridgehead atoms. The predicted molar refractivity (Wildman–Crippen MR) is 75.7 cm³/mol. The molecule has 18 heavy (non-hydrogen) atoms. The van der Waals surface area contributed by atoms with Crippen LogP contribution in [-0.2, 0) is 6.54 Å². The molecule has 0 aliphatic rings. The fraction of sp³-hybridized carbons (Fsp3) is 0.267. The zero-order valence-electron chi connectivity index (χ0n) is 10.7. The van der Waals surface area contributed by atoms with Crippen molar-refractivity contribution in [3.63, 3.8) is 0 Å². The van der Waals surface area contributed by atoms with Gasteiger partial charge in [0.2, 0.25) is 0 Å². The summed E-state index contributed by atoms with van der Waals surface area (Å²) < 4.78 is 0. The highest BCUT2D eigenvalue weighted by Gasteiger charge is 1.98. The summed E-state index contributed by atoms with van der Waals surface area (Å²) in [5, 5.41) is 3.42. The first kappa shape index (κ1) is 12.6. The molecule has 3 nitrogen and oxygen atoms in total. The van der Waals surface area contributed by atoms with Gasteiger partial charge in [-0.05, 0) is 23.8 Å². The summed E-state index contributed by atoms with van der Waals surface area (Å²) in [6.07, 6.45) is 3.70. The molecule has 1 N–H and O–H groups in total. The number of hydrogen-bond acceptors (Lipinski definition) is 3. The van der Waals surface area contributed by atoms with E-state index in [-0.39, 0.29) is 0 Å². The SMILES string of the molecule is CN(CCNCc1cccnc1)c1ccccc1. The minimum absolute atomic E-state index is 0.871. The number of aromatic nitrogens is 1. The number of nitrogens with zero attached hydrogens (tertiary/aromatic N) is 2. The topological polar surface area (TPSA) is 28.2 Å². The maximum Gasteiger partial charge on any atom is 0.0364 e. The van der Waals surface area contributed by atoms with Crippen LogP contribution >= 0.6 is 0 Å². The number of likely N-dealkylation sites (N-methyl/N-ethyl adjacent to an activating group) is 1. The molecule has 0 radical (unpaired) electrons. The van der Waals surface area contributed by atoms with Gasteiger partial charge in [-0.25, -0.2) is 0 Å². The average molecular weight is 241 g/mol. The highest BCUT2D eigenvalue weighted by molar-refractivity contribution is 5.44. The zero-order chi connectivity index (χ0) is 12.6. The second-order valence-electron chi connectivity index (χ2n) is 4.30. The number of nitrogens with one attached hydrogen (secondary N) is 1. The van der Waals surface area contributed by atoms with E-state index in [2.05, 4.69) is 52.6 Å². The van der Waals surface area contributed by atoms with Crippen molar-refractivity contribution in [2.75, 3.05) is 25.0 Å². The Morgan fingerprint density at radius 3 is 2.67 bits per heavy atom. The Labute approximate surface area is 108 Å². The second kappa shape index (κ2) is 6.77. The molecule has 2 rings (SSSR count). The lowest BCUT2D eigenvalue weighted by molar-refractivity contribution is 0.678. The van der Waals surface area contributed by atoms with Gasteiger partial charge >= 0.3 is 0 Å². The Morgan fingerprint density at radius 2 is 1.94 bits per heavy atom. The van der Waals surface area contributed by atoms with Crippen LogP contribution in [0.3, 0.4) is 0 Å². The fourth-order valence-electron chi connectivity index (χ4n) is 1.79. The van der Waals surface area contributed by atoms with Gasteiger partial charge in [0.15, 0.2) is 0 Å². The van der Waals surface area contributed by atoms with Crippen LogP contribution in [0.4, 0.5) is 5.69 Å². The van der Waals surface area contributed by atoms with Crippen molar-refractivity contribution in [1.29, 1.82) is 0 Å². The van der Waals surface area contributed by atoms with Gasteiger partial charge in [0.1, 0.15) is 0 Å². The van der Waals surface area contributed by atoms with E-state index < -0.39 is 0 Å². The Morgan fingerprint density at radius 1 is 1.11 bits per heavy atom. The van der Waals surface area contributed by atoms with E-state index in [9.17, 15) is 0 Å². The minimum Gasteiger partial charge on any atom is -0.373 e. The van der Waals surface area contributed by atoms with Crippen molar-refractivity contribution in [2.45, 2.75) is 6.54 Å². The Hall–Kier alpha value is -1.87. The van der Waals surface area contributed by atoms with Crippen molar-refractivity contribution in [2.24, 2.45) is 0 Å². The molecule has 0 saturated heterocycles. The third-order valence-electron chi connectivity index (χ3n) is 2.87. The monoisotopic (exact) mass is 241 g/mol. The van der Waals surface area contributed by atoms with Crippen LogP contribution in [0, 0.1) is 0 Å². The van der Waals surface area contributed by atoms with Crippen LogP contribution in [0.5, 0.6) is 0 Å². The van der Waals surface area contributed by atoms with E-state index in [0.29, 0.717) is 0 Å². The van der Waals surface area contributed by atoms with Gasteiger partial charge in [-0.15, -0.1) is 0 Å². The third-order valence-corrected chi connectivity index (χ3v) is 2.87. The van der Waals surface area contributed by atoms with Crippen LogP contribution in [0.25, 0.3) is 0 Å². The van der Waals surface area contributed by atoms with Gasteiger partial charge in [-0.1, -0.05) is 24.3 Å². The molecule has 0 aliphatic heterocycles. The van der Waals surface area contributed by atoms with Gasteiger partial charge in [0.25, 0.3) is 0 Å². The molecule has 1 aromatic heterocycles. The second-order valence-corrected chi connectivity index (χ2v) is 4.30. The number of pyridine rings is 1. The van der Waals surface area contributed by atoms with Crippen LogP contribution in [-0.4, -0.2) is 25.1 Å². The molecule has 1 heterocycles. The van der Waals surface area contributed by atoms with Crippen LogP contribution in [0.15, 0.2) is 54.9 Å². The molecular weight excluding hydrogens is 222 g/mol. The Balaban J connectivity index is 1.70. The summed E-state index contributed by atoms with van der Waals surface area (Å²) in [6.45, 7) is 2.82. The van der Waals surface area contributed by atoms with Crippen molar-refractivity contribution in [3.05, 3.63) is 60.4 Å². The van der Waals surface area contributed by atoms with Crippen molar-refractivity contribution >= 4 is 5.69 Å². The highest BCUT2D eigenvalue weighted by Crippen LogP contribution is 2.09. The van der Waals surface area contributed by atoms with Gasteiger partial charge in [-0.2, -0.15) is 0 Å². The van der Waals surface area contributed by atoms with Crippen molar-refractivity contribution in [3.8, 4) is 0 Å². The quantitative estimate of drug-likeness (QED) is 0.787. The van der Waals surface area contributed by atoms with Gasteiger partial charge in [-0.3, -0.25) is 4.98 Å². The first-order chi connectivity index (χ1) is 8.86. The molecular formula is C15H19N3. The highest BCUT2D eigenvalue weighted by atomic mass is 15.1. The number of hydrogen-bond donors (Lipinski definition) is 1. The molecule has 0 aliphatic carbocycles. The predicted octanol–water partition coefficient (Wildman–Crippen LogP) is 2.31. The van der Waals surface area contributed by atoms with Crippen LogP contribution in [0.1, 0.15) is 5.56 Å². The molecule has 0 amide bonds. The maximum absolute atomic E-state index is 4.10. The first-order valence-electron chi connectivity index (χ1n) is 6.22. The van der Waals surface area contributed by atoms with E-state index in [1.165, 1.54) is 11.3 Å². The molecule has 1 aromatic carbocycles. The number of benzene rings is 1. The zero-order valence-corrected chi connectivity index (χ0v) is 10.7. The molecule has 94 valence electrons. The van der Waals surface area contributed by atoms with Crippen LogP contribution < -0.4 is 10.2 Å². The smallest absolute Gasteiger partial charge is 0.0364 e. The summed E-state index contributed by atoms with van der Waals surface area (Å²) in [5.74, 6) is 0. The lowest BCUT2D eigenvalue weighted by Gasteiger charge is -2.19. The third kappa shape index (κ3) is 3.86. The molecule has 2 aromatic rings. The van der Waals surface area contributed by atoms with E-state index in [1.54, 1.807) is 6.20 Å². The molecule has 3 heteroatoms. The normalized spacial score (nSPS) is 10.3. The van der Waals surface area contributed by atoms with Gasteiger partial charge < -0.3 is 10.2 Å². The Bertz CT molecular complexity index is 442. The Kier molecular flexibility index (Phi) is 4.73. The van der Waals surface area contributed by atoms with E-state index in [0.717, 1.165) is 19.6 Å². The van der Waals surface area contributed by atoms with Crippen molar-refractivity contribution in [1.82, 2.24) is 10.3 Å². The lowest BCUT2D eigenvalue weighted by Crippen LogP contribution is -2.28. The van der Waals surface area contributed by atoms with E-state index in [4.69, 9.17) is 0 Å². The minimum atomic E-state index is 0.871. The molecule has 0 fully saturated rings. The summed E-state index contributed by atoms with van der Waals surface area (Å²) in [5.41, 5.74) is 2.47. The summed E-state index contributed by atoms with van der Waals surface area (Å²) >= 11 is 0. The molecule has 0 unspecified atom stereocenters. The molecule has 0 saturated carbocycles. The largest absolute Gasteiger partial charge is 0.373 e. The van der Waals surface area contributed by atoms with E-state index >= 15 is 0 Å². The average Bonchev–Trinajstić information content (AvgIpc) is 2.45. The first-order valence-corrected chi connectivity index (χ1v) is 6.22. The number of rotatable bonds is 6.